The second kappa shape index (κ2) is 11.7. The Morgan fingerprint density at radius 3 is 1.97 bits per heavy atom. The molecule has 1 aliphatic rings. The van der Waals surface area contributed by atoms with Crippen LogP contribution < -0.4 is 10.6 Å². The number of nitrogens with zero attached hydrogens (tertiary/aromatic N) is 1. The number of aliphatic hydroxyl groups excluding tert-OH is 1. The SMILES string of the molecule is CC(C)[C@H](NC(=O)C1(c2ccccc2)CCN(C(=O)OC(C)(C)C)CC1)C(=O)N[C@H](C(=O)O)C(C)O. The van der Waals surface area contributed by atoms with Crippen molar-refractivity contribution in [1.82, 2.24) is 15.5 Å². The third-order valence-electron chi connectivity index (χ3n) is 6.31. The summed E-state index contributed by atoms with van der Waals surface area (Å²) < 4.78 is 5.48. The van der Waals surface area contributed by atoms with E-state index in [1.54, 1.807) is 39.5 Å². The van der Waals surface area contributed by atoms with Gasteiger partial charge in [0, 0.05) is 13.1 Å². The van der Waals surface area contributed by atoms with Gasteiger partial charge in [0.1, 0.15) is 11.6 Å². The number of carbonyl (C=O) groups excluding carboxylic acids is 3. The van der Waals surface area contributed by atoms with Gasteiger partial charge in [0.25, 0.3) is 0 Å². The number of likely N-dealkylation sites (tertiary alicyclic amines) is 1. The summed E-state index contributed by atoms with van der Waals surface area (Å²) in [6.07, 6.45) is -1.12. The minimum absolute atomic E-state index is 0.291. The number of carboxylic acid groups (broad SMARTS) is 1. The van der Waals surface area contributed by atoms with Gasteiger partial charge in [-0.2, -0.15) is 0 Å². The molecule has 2 rings (SSSR count). The third kappa shape index (κ3) is 7.19. The van der Waals surface area contributed by atoms with Crippen LogP contribution >= 0.6 is 0 Å². The van der Waals surface area contributed by atoms with Crippen LogP contribution in [0.1, 0.15) is 59.9 Å². The second-order valence-electron chi connectivity index (χ2n) is 10.7. The Morgan fingerprint density at radius 1 is 0.972 bits per heavy atom. The first kappa shape index (κ1) is 29.1. The molecule has 1 fully saturated rings. The zero-order valence-corrected chi connectivity index (χ0v) is 21.9. The maximum Gasteiger partial charge on any atom is 0.410 e. The van der Waals surface area contributed by atoms with Crippen LogP contribution in [0.25, 0.3) is 0 Å². The minimum atomic E-state index is -1.50. The van der Waals surface area contributed by atoms with Gasteiger partial charge in [0.05, 0.1) is 11.5 Å². The predicted molar refractivity (Wildman–Crippen MR) is 133 cm³/mol. The molecule has 0 spiro atoms. The van der Waals surface area contributed by atoms with Crippen molar-refractivity contribution in [2.24, 2.45) is 5.92 Å². The molecule has 200 valence electrons. The van der Waals surface area contributed by atoms with Crippen molar-refractivity contribution < 1.29 is 34.1 Å². The largest absolute Gasteiger partial charge is 0.480 e. The second-order valence-corrected chi connectivity index (χ2v) is 10.7. The molecule has 1 heterocycles. The van der Waals surface area contributed by atoms with E-state index in [2.05, 4.69) is 10.6 Å². The lowest BCUT2D eigenvalue weighted by atomic mass is 9.71. The van der Waals surface area contributed by atoms with E-state index in [1.165, 1.54) is 6.92 Å². The van der Waals surface area contributed by atoms with Crippen LogP contribution in [0.5, 0.6) is 0 Å². The summed E-state index contributed by atoms with van der Waals surface area (Å²) in [6, 6.07) is 6.67. The first-order valence-corrected chi connectivity index (χ1v) is 12.2. The molecule has 1 saturated heterocycles. The van der Waals surface area contributed by atoms with Crippen LogP contribution in [-0.4, -0.2) is 75.9 Å². The van der Waals surface area contributed by atoms with E-state index in [-0.39, 0.29) is 11.8 Å². The van der Waals surface area contributed by atoms with Gasteiger partial charge in [-0.05, 0) is 52.0 Å². The van der Waals surface area contributed by atoms with E-state index in [0.717, 1.165) is 5.56 Å². The monoisotopic (exact) mass is 505 g/mol. The van der Waals surface area contributed by atoms with Crippen LogP contribution in [0.2, 0.25) is 0 Å². The van der Waals surface area contributed by atoms with Gasteiger partial charge in [0.2, 0.25) is 11.8 Å². The van der Waals surface area contributed by atoms with Crippen LogP contribution in [0, 0.1) is 5.92 Å². The van der Waals surface area contributed by atoms with Crippen molar-refractivity contribution in [3.63, 3.8) is 0 Å². The van der Waals surface area contributed by atoms with E-state index in [1.807, 2.05) is 30.3 Å². The van der Waals surface area contributed by atoms with Crippen molar-refractivity contribution in [1.29, 1.82) is 0 Å². The fourth-order valence-corrected chi connectivity index (χ4v) is 4.25. The van der Waals surface area contributed by atoms with E-state index in [9.17, 15) is 29.4 Å². The standard InChI is InChI=1S/C26H39N3O7/c1-16(2)19(21(31)27-20(17(3)30)22(32)33)28-23(34)26(18-10-8-7-9-11-18)12-14-29(15-13-26)24(35)36-25(4,5)6/h7-11,16-17,19-20,30H,12-15H2,1-6H3,(H,27,31)(H,28,34)(H,32,33)/t17?,19-,20-/m0/s1. The van der Waals surface area contributed by atoms with Crippen LogP contribution in [0.15, 0.2) is 30.3 Å². The smallest absolute Gasteiger partial charge is 0.410 e. The Hall–Kier alpha value is -3.14. The number of hydrogen-bond acceptors (Lipinski definition) is 6. The predicted octanol–water partition coefficient (Wildman–Crippen LogP) is 2.05. The summed E-state index contributed by atoms with van der Waals surface area (Å²) in [5, 5.41) is 24.2. The summed E-state index contributed by atoms with van der Waals surface area (Å²) in [5.41, 5.74) is -0.870. The molecule has 0 saturated carbocycles. The number of amides is 3. The van der Waals surface area contributed by atoms with Crippen molar-refractivity contribution in [2.45, 2.75) is 83.6 Å². The highest BCUT2D eigenvalue weighted by atomic mass is 16.6. The highest BCUT2D eigenvalue weighted by molar-refractivity contribution is 5.94. The van der Waals surface area contributed by atoms with Gasteiger partial charge in [-0.15, -0.1) is 0 Å². The summed E-state index contributed by atoms with van der Waals surface area (Å²) in [5.74, 6) is -2.80. The Bertz CT molecular complexity index is 933. The highest BCUT2D eigenvalue weighted by Crippen LogP contribution is 2.36. The number of carboxylic acids is 1. The Kier molecular flexibility index (Phi) is 9.48. The van der Waals surface area contributed by atoms with Crippen LogP contribution in [-0.2, 0) is 24.5 Å². The molecule has 4 N–H and O–H groups in total. The number of benzene rings is 1. The Labute approximate surface area is 212 Å². The lowest BCUT2D eigenvalue weighted by Crippen LogP contribution is -2.60. The van der Waals surface area contributed by atoms with Gasteiger partial charge < -0.3 is 30.5 Å². The fraction of sp³-hybridized carbons (Fsp3) is 0.615. The van der Waals surface area contributed by atoms with Gasteiger partial charge in [0.15, 0.2) is 6.04 Å². The third-order valence-corrected chi connectivity index (χ3v) is 6.31. The molecular formula is C26H39N3O7. The number of aliphatic carboxylic acids is 1. The fourth-order valence-electron chi connectivity index (χ4n) is 4.25. The van der Waals surface area contributed by atoms with E-state index in [4.69, 9.17) is 4.74 Å². The molecule has 0 bridgehead atoms. The van der Waals surface area contributed by atoms with Crippen molar-refractivity contribution >= 4 is 23.9 Å². The van der Waals surface area contributed by atoms with Gasteiger partial charge in [-0.3, -0.25) is 9.59 Å². The normalized spacial score (nSPS) is 18.1. The van der Waals surface area contributed by atoms with Crippen molar-refractivity contribution in [2.75, 3.05) is 13.1 Å². The molecule has 0 radical (unpaired) electrons. The molecule has 0 aromatic heterocycles. The zero-order chi connectivity index (χ0) is 27.3. The van der Waals surface area contributed by atoms with E-state index >= 15 is 0 Å². The molecule has 1 unspecified atom stereocenters. The molecule has 10 heteroatoms. The topological polar surface area (TPSA) is 145 Å². The maximum atomic E-state index is 13.8. The molecule has 10 nitrogen and oxygen atoms in total. The molecule has 3 atom stereocenters. The number of aliphatic hydroxyl groups is 1. The molecule has 1 aromatic rings. The number of piperidine rings is 1. The summed E-state index contributed by atoms with van der Waals surface area (Å²) in [6.45, 7) is 10.7. The van der Waals surface area contributed by atoms with Gasteiger partial charge in [-0.1, -0.05) is 44.2 Å². The van der Waals surface area contributed by atoms with Crippen LogP contribution in [0.4, 0.5) is 4.79 Å². The van der Waals surface area contributed by atoms with E-state index < -0.39 is 47.2 Å². The lowest BCUT2D eigenvalue weighted by Gasteiger charge is -2.42. The zero-order valence-electron chi connectivity index (χ0n) is 21.9. The quantitative estimate of drug-likeness (QED) is 0.423. The average molecular weight is 506 g/mol. The molecule has 3 amide bonds. The average Bonchev–Trinajstić information content (AvgIpc) is 2.79. The first-order chi connectivity index (χ1) is 16.7. The summed E-state index contributed by atoms with van der Waals surface area (Å²) >= 11 is 0. The number of carbonyl (C=O) groups is 4. The summed E-state index contributed by atoms with van der Waals surface area (Å²) in [4.78, 5) is 52.4. The molecule has 36 heavy (non-hydrogen) atoms. The van der Waals surface area contributed by atoms with E-state index in [0.29, 0.717) is 25.9 Å². The van der Waals surface area contributed by atoms with Crippen molar-refractivity contribution in [3.05, 3.63) is 35.9 Å². The molecular weight excluding hydrogens is 466 g/mol. The van der Waals surface area contributed by atoms with Crippen molar-refractivity contribution in [3.8, 4) is 0 Å². The number of nitrogens with one attached hydrogen (secondary N) is 2. The Balaban J connectivity index is 2.28. The molecule has 1 aliphatic heterocycles. The minimum Gasteiger partial charge on any atom is -0.480 e. The number of hydrogen-bond donors (Lipinski definition) is 4. The Morgan fingerprint density at radius 2 is 1.53 bits per heavy atom. The molecule has 0 aliphatic carbocycles. The lowest BCUT2D eigenvalue weighted by molar-refractivity contribution is -0.145. The number of ether oxygens (including phenoxy) is 1. The number of rotatable bonds is 8. The van der Waals surface area contributed by atoms with Gasteiger partial charge in [-0.25, -0.2) is 9.59 Å². The van der Waals surface area contributed by atoms with Crippen LogP contribution in [0.3, 0.4) is 0 Å². The molecule has 1 aromatic carbocycles. The summed E-state index contributed by atoms with van der Waals surface area (Å²) in [7, 11) is 0. The first-order valence-electron chi connectivity index (χ1n) is 12.2. The maximum absolute atomic E-state index is 13.8. The van der Waals surface area contributed by atoms with Gasteiger partial charge >= 0.3 is 12.1 Å². The highest BCUT2D eigenvalue weighted by Gasteiger charge is 2.45.